The van der Waals surface area contributed by atoms with Crippen molar-refractivity contribution >= 4 is 17.6 Å². The second-order valence-electron chi connectivity index (χ2n) is 6.32. The van der Waals surface area contributed by atoms with Gasteiger partial charge in [0.25, 0.3) is 11.6 Å². The van der Waals surface area contributed by atoms with Gasteiger partial charge >= 0.3 is 5.97 Å². The zero-order valence-electron chi connectivity index (χ0n) is 12.7. The highest BCUT2D eigenvalue weighted by molar-refractivity contribution is 5.96. The van der Waals surface area contributed by atoms with E-state index < -0.39 is 16.3 Å². The van der Waals surface area contributed by atoms with Crippen LogP contribution < -0.4 is 0 Å². The van der Waals surface area contributed by atoms with Crippen LogP contribution in [0, 0.1) is 28.4 Å². The summed E-state index contributed by atoms with van der Waals surface area (Å²) in [5.74, 6) is -1.28. The highest BCUT2D eigenvalue weighted by atomic mass is 16.6. The van der Waals surface area contributed by atoms with Gasteiger partial charge in [-0.05, 0) is 25.7 Å². The van der Waals surface area contributed by atoms with Gasteiger partial charge in [0.2, 0.25) is 0 Å². The Labute approximate surface area is 132 Å². The number of carbonyl (C=O) groups is 2. The Bertz CT molecular complexity index is 704. The molecule has 0 spiro atoms. The maximum Gasteiger partial charge on any atom is 0.311 e. The molecule has 0 unspecified atom stereocenters. The lowest BCUT2D eigenvalue weighted by Gasteiger charge is -2.23. The summed E-state index contributed by atoms with van der Waals surface area (Å²) >= 11 is 0. The third kappa shape index (κ3) is 2.34. The second-order valence-corrected chi connectivity index (χ2v) is 6.32. The fourth-order valence-electron chi connectivity index (χ4n) is 3.80. The van der Waals surface area contributed by atoms with Crippen molar-refractivity contribution in [2.75, 3.05) is 13.1 Å². The van der Waals surface area contributed by atoms with Crippen molar-refractivity contribution in [1.29, 1.82) is 0 Å². The normalized spacial score (nSPS) is 26.1. The number of nitro groups is 1. The molecule has 8 heteroatoms. The minimum atomic E-state index is -0.863. The van der Waals surface area contributed by atoms with Crippen molar-refractivity contribution in [3.8, 4) is 0 Å². The first kappa shape index (κ1) is 15.4. The number of carboxylic acid groups (broad SMARTS) is 1. The molecule has 122 valence electrons. The van der Waals surface area contributed by atoms with Gasteiger partial charge in [0.05, 0.1) is 21.6 Å². The first-order valence-electron chi connectivity index (χ1n) is 7.49. The zero-order valence-corrected chi connectivity index (χ0v) is 12.7. The van der Waals surface area contributed by atoms with Crippen molar-refractivity contribution in [3.63, 3.8) is 0 Å². The summed E-state index contributed by atoms with van der Waals surface area (Å²) in [6.45, 7) is 2.15. The molecule has 2 aliphatic rings. The van der Waals surface area contributed by atoms with Crippen LogP contribution in [0.15, 0.2) is 12.3 Å². The van der Waals surface area contributed by atoms with Gasteiger partial charge < -0.3 is 10.0 Å². The Morgan fingerprint density at radius 3 is 2.87 bits per heavy atom. The van der Waals surface area contributed by atoms with E-state index in [-0.39, 0.29) is 29.6 Å². The van der Waals surface area contributed by atoms with E-state index in [1.807, 2.05) is 0 Å². The highest BCUT2D eigenvalue weighted by Gasteiger charge is 2.55. The number of aryl methyl sites for hydroxylation is 1. The van der Waals surface area contributed by atoms with Gasteiger partial charge in [0.15, 0.2) is 0 Å². The molecule has 2 heterocycles. The van der Waals surface area contributed by atoms with E-state index in [0.717, 1.165) is 19.0 Å². The van der Waals surface area contributed by atoms with Gasteiger partial charge in [0.1, 0.15) is 6.20 Å². The topological polar surface area (TPSA) is 114 Å². The van der Waals surface area contributed by atoms with Gasteiger partial charge in [-0.15, -0.1) is 0 Å². The van der Waals surface area contributed by atoms with Gasteiger partial charge in [0, 0.05) is 19.2 Å². The van der Waals surface area contributed by atoms with E-state index >= 15 is 0 Å². The number of aliphatic carboxylic acids is 1. The summed E-state index contributed by atoms with van der Waals surface area (Å²) in [5.41, 5.74) is -0.537. The van der Waals surface area contributed by atoms with Gasteiger partial charge in [-0.1, -0.05) is 6.42 Å². The smallest absolute Gasteiger partial charge is 0.311 e. The van der Waals surface area contributed by atoms with Crippen LogP contribution in [-0.2, 0) is 4.79 Å². The van der Waals surface area contributed by atoms with Gasteiger partial charge in [-0.3, -0.25) is 24.7 Å². The third-order valence-electron chi connectivity index (χ3n) is 5.10. The minimum absolute atomic E-state index is 0.0455. The molecule has 1 amide bonds. The fourth-order valence-corrected chi connectivity index (χ4v) is 3.80. The molecule has 0 radical (unpaired) electrons. The van der Waals surface area contributed by atoms with Gasteiger partial charge in [-0.2, -0.15) is 0 Å². The monoisotopic (exact) mass is 319 g/mol. The molecule has 2 atom stereocenters. The Hall–Kier alpha value is -2.51. The van der Waals surface area contributed by atoms with E-state index in [1.54, 1.807) is 6.92 Å². The molecule has 8 nitrogen and oxygen atoms in total. The molecule has 2 fully saturated rings. The molecule has 1 aliphatic carbocycles. The summed E-state index contributed by atoms with van der Waals surface area (Å²) in [4.78, 5) is 40.1. The molecule has 1 saturated heterocycles. The number of hydrogen-bond acceptors (Lipinski definition) is 5. The molecule has 3 rings (SSSR count). The predicted octanol–water partition coefficient (Wildman–Crippen LogP) is 1.63. The van der Waals surface area contributed by atoms with Crippen LogP contribution in [0.2, 0.25) is 0 Å². The number of rotatable bonds is 3. The number of carboxylic acids is 1. The average Bonchev–Trinajstić information content (AvgIpc) is 3.04. The second kappa shape index (κ2) is 5.29. The van der Waals surface area contributed by atoms with Crippen LogP contribution in [0.5, 0.6) is 0 Å². The summed E-state index contributed by atoms with van der Waals surface area (Å²) in [6, 6.07) is 1.21. The first-order valence-corrected chi connectivity index (χ1v) is 7.49. The van der Waals surface area contributed by atoms with Crippen molar-refractivity contribution in [2.45, 2.75) is 26.2 Å². The molecule has 1 aliphatic heterocycles. The molecule has 0 aromatic carbocycles. The molecule has 1 aromatic heterocycles. The largest absolute Gasteiger partial charge is 0.481 e. The molecule has 23 heavy (non-hydrogen) atoms. The van der Waals surface area contributed by atoms with E-state index in [1.165, 1.54) is 11.0 Å². The molecule has 1 aromatic rings. The lowest BCUT2D eigenvalue weighted by molar-refractivity contribution is -0.385. The maximum absolute atomic E-state index is 12.7. The number of fused-ring (bicyclic) bond motifs is 1. The van der Waals surface area contributed by atoms with Crippen LogP contribution in [0.4, 0.5) is 5.69 Å². The number of nitrogens with zero attached hydrogens (tertiary/aromatic N) is 3. The first-order chi connectivity index (χ1) is 10.8. The SMILES string of the molecule is Cc1ncc([N+](=O)[O-])cc1C(=O)N1C[C@@H]2CCC[C@@]2(C(=O)O)C1. The summed E-state index contributed by atoms with van der Waals surface area (Å²) in [6.07, 6.45) is 3.34. The van der Waals surface area contributed by atoms with Crippen molar-refractivity contribution < 1.29 is 19.6 Å². The molecule has 0 bridgehead atoms. The Balaban J connectivity index is 1.89. The van der Waals surface area contributed by atoms with Gasteiger partial charge in [-0.25, -0.2) is 0 Å². The molecule has 1 N–H and O–H groups in total. The lowest BCUT2D eigenvalue weighted by Crippen LogP contribution is -2.37. The number of carbonyl (C=O) groups excluding carboxylic acids is 1. The summed E-state index contributed by atoms with van der Waals surface area (Å²) in [7, 11) is 0. The molecular weight excluding hydrogens is 302 g/mol. The van der Waals surface area contributed by atoms with E-state index in [4.69, 9.17) is 0 Å². The van der Waals surface area contributed by atoms with Crippen LogP contribution in [-0.4, -0.2) is 44.9 Å². The van der Waals surface area contributed by atoms with Crippen LogP contribution in [0.1, 0.15) is 35.3 Å². The summed E-state index contributed by atoms with van der Waals surface area (Å²) < 4.78 is 0. The average molecular weight is 319 g/mol. The van der Waals surface area contributed by atoms with Crippen LogP contribution >= 0.6 is 0 Å². The van der Waals surface area contributed by atoms with Crippen molar-refractivity contribution in [3.05, 3.63) is 33.6 Å². The Morgan fingerprint density at radius 1 is 1.52 bits per heavy atom. The predicted molar refractivity (Wildman–Crippen MR) is 78.9 cm³/mol. The van der Waals surface area contributed by atoms with Crippen LogP contribution in [0.3, 0.4) is 0 Å². The maximum atomic E-state index is 12.7. The molecular formula is C15H17N3O5. The van der Waals surface area contributed by atoms with E-state index in [0.29, 0.717) is 18.7 Å². The van der Waals surface area contributed by atoms with E-state index in [2.05, 4.69) is 4.98 Å². The zero-order chi connectivity index (χ0) is 16.8. The number of likely N-dealkylation sites (tertiary alicyclic amines) is 1. The van der Waals surface area contributed by atoms with Crippen molar-refractivity contribution in [2.24, 2.45) is 11.3 Å². The fraction of sp³-hybridized carbons (Fsp3) is 0.533. The minimum Gasteiger partial charge on any atom is -0.481 e. The third-order valence-corrected chi connectivity index (χ3v) is 5.10. The molecule has 1 saturated carbocycles. The van der Waals surface area contributed by atoms with Crippen molar-refractivity contribution in [1.82, 2.24) is 9.88 Å². The Morgan fingerprint density at radius 2 is 2.26 bits per heavy atom. The number of hydrogen-bond donors (Lipinski definition) is 1. The highest BCUT2D eigenvalue weighted by Crippen LogP contribution is 2.49. The number of pyridine rings is 1. The quantitative estimate of drug-likeness (QED) is 0.669. The number of amides is 1. The lowest BCUT2D eigenvalue weighted by atomic mass is 9.81. The van der Waals surface area contributed by atoms with E-state index in [9.17, 15) is 24.8 Å². The number of aromatic nitrogens is 1. The standard InChI is InChI=1S/C15H17N3O5/c1-9-12(5-11(6-16-9)18(22)23)13(19)17-7-10-3-2-4-15(10,8-17)14(20)21/h5-6,10H,2-4,7-8H2,1H3,(H,20,21)/t10-,15+/m0/s1. The van der Waals surface area contributed by atoms with Crippen LogP contribution in [0.25, 0.3) is 0 Å². The summed E-state index contributed by atoms with van der Waals surface area (Å²) in [5, 5.41) is 20.4. The Kier molecular flexibility index (Phi) is 3.54.